The Kier molecular flexibility index (Phi) is 11.7. The van der Waals surface area contributed by atoms with Crippen LogP contribution in [0, 0.1) is 0 Å². The molecule has 9 nitrogen and oxygen atoms in total. The zero-order valence-corrected chi connectivity index (χ0v) is 27.8. The quantitative estimate of drug-likeness (QED) is 0.261. The van der Waals surface area contributed by atoms with Crippen molar-refractivity contribution in [2.24, 2.45) is 0 Å². The number of carbonyl (C=O) groups excluding carboxylic acids is 2. The number of rotatable bonds is 13. The number of ether oxygens (including phenoxy) is 2. The summed E-state index contributed by atoms with van der Waals surface area (Å²) >= 11 is 3.50. The molecule has 11 heteroatoms. The zero-order valence-electron chi connectivity index (χ0n) is 25.4. The normalized spacial score (nSPS) is 14.4. The Morgan fingerprint density at radius 1 is 0.909 bits per heavy atom. The van der Waals surface area contributed by atoms with Crippen molar-refractivity contribution in [2.75, 3.05) is 31.3 Å². The monoisotopic (exact) mass is 685 g/mol. The third-order valence-corrected chi connectivity index (χ3v) is 9.43. The van der Waals surface area contributed by atoms with Crippen LogP contribution < -0.4 is 19.1 Å². The van der Waals surface area contributed by atoms with Crippen molar-refractivity contribution in [1.29, 1.82) is 0 Å². The minimum Gasteiger partial charge on any atom is -0.493 e. The lowest BCUT2D eigenvalue weighted by molar-refractivity contribution is -0.140. The number of amides is 2. The second kappa shape index (κ2) is 15.4. The number of carbonyl (C=O) groups is 2. The molecule has 1 N–H and O–H groups in total. The zero-order chi connectivity index (χ0) is 31.7. The molecule has 0 saturated heterocycles. The van der Waals surface area contributed by atoms with Gasteiger partial charge in [0.1, 0.15) is 12.6 Å². The SMILES string of the molecule is COc1ccc(N(CC(=O)N(Cc2cccc(Br)c2)[C@@H](Cc2ccccc2)C(=O)NC2CCCCC2)S(C)(=O)=O)cc1OC. The van der Waals surface area contributed by atoms with E-state index in [9.17, 15) is 18.0 Å². The van der Waals surface area contributed by atoms with E-state index in [1.54, 1.807) is 12.1 Å². The summed E-state index contributed by atoms with van der Waals surface area (Å²) in [5.41, 5.74) is 1.93. The molecule has 0 aromatic heterocycles. The lowest BCUT2D eigenvalue weighted by Gasteiger charge is -2.35. The first-order chi connectivity index (χ1) is 21.1. The van der Waals surface area contributed by atoms with Gasteiger partial charge in [0.25, 0.3) is 0 Å². The van der Waals surface area contributed by atoms with Crippen LogP contribution in [-0.4, -0.2) is 64.2 Å². The molecule has 1 fully saturated rings. The molecule has 1 atom stereocenters. The second-order valence-electron chi connectivity index (χ2n) is 11.0. The third kappa shape index (κ3) is 8.98. The highest BCUT2D eigenvalue weighted by atomic mass is 79.9. The second-order valence-corrected chi connectivity index (χ2v) is 13.8. The average Bonchev–Trinajstić information content (AvgIpc) is 3.01. The van der Waals surface area contributed by atoms with Crippen LogP contribution in [0.25, 0.3) is 0 Å². The minimum atomic E-state index is -3.92. The Labute approximate surface area is 268 Å². The van der Waals surface area contributed by atoms with Crippen LogP contribution in [0.3, 0.4) is 0 Å². The van der Waals surface area contributed by atoms with Crippen molar-refractivity contribution in [3.05, 3.63) is 88.4 Å². The molecule has 1 saturated carbocycles. The summed E-state index contributed by atoms with van der Waals surface area (Å²) in [6.45, 7) is -0.401. The maximum absolute atomic E-state index is 14.3. The van der Waals surface area contributed by atoms with Gasteiger partial charge in [0, 0.05) is 29.5 Å². The standard InChI is InChI=1S/C33H40BrN3O6S/c1-42-30-18-17-28(21-31(30)43-2)37(44(3,40)41)23-32(38)36(22-25-13-10-14-26(34)19-25)29(20-24-11-6-4-7-12-24)33(39)35-27-15-8-5-9-16-27/h4,6-7,10-14,17-19,21,27,29H,5,8-9,15-16,20,22-23H2,1-3H3,(H,35,39)/t29-/m0/s1. The van der Waals surface area contributed by atoms with E-state index in [2.05, 4.69) is 21.2 Å². The number of methoxy groups -OCH3 is 2. The summed E-state index contributed by atoms with van der Waals surface area (Å²) in [5.74, 6) is -0.00782. The molecule has 0 unspecified atom stereocenters. The van der Waals surface area contributed by atoms with E-state index in [0.717, 1.165) is 58.3 Å². The number of nitrogens with one attached hydrogen (secondary N) is 1. The number of benzene rings is 3. The third-order valence-electron chi connectivity index (χ3n) is 7.80. The Balaban J connectivity index is 1.74. The van der Waals surface area contributed by atoms with Crippen LogP contribution in [0.4, 0.5) is 5.69 Å². The summed E-state index contributed by atoms with van der Waals surface area (Å²) in [6, 6.07) is 20.9. The van der Waals surface area contributed by atoms with Crippen molar-refractivity contribution < 1.29 is 27.5 Å². The summed E-state index contributed by atoms with van der Waals surface area (Å²) in [4.78, 5) is 29.9. The molecule has 0 aliphatic heterocycles. The van der Waals surface area contributed by atoms with E-state index in [-0.39, 0.29) is 30.6 Å². The summed E-state index contributed by atoms with van der Waals surface area (Å²) < 4.78 is 38.8. The Morgan fingerprint density at radius 2 is 1.59 bits per heavy atom. The van der Waals surface area contributed by atoms with Crippen molar-refractivity contribution in [3.8, 4) is 11.5 Å². The van der Waals surface area contributed by atoms with E-state index in [0.29, 0.717) is 11.5 Å². The fraction of sp³-hybridized carbons (Fsp3) is 0.394. The first kappa shape index (κ1) is 33.3. The number of hydrogen-bond donors (Lipinski definition) is 1. The lowest BCUT2D eigenvalue weighted by Crippen LogP contribution is -2.55. The van der Waals surface area contributed by atoms with Gasteiger partial charge in [-0.15, -0.1) is 0 Å². The van der Waals surface area contributed by atoms with Crippen molar-refractivity contribution >= 4 is 43.5 Å². The Hall–Kier alpha value is -3.57. The number of hydrogen-bond acceptors (Lipinski definition) is 6. The molecule has 0 bridgehead atoms. The highest BCUT2D eigenvalue weighted by Crippen LogP contribution is 2.32. The van der Waals surface area contributed by atoms with Gasteiger partial charge < -0.3 is 19.7 Å². The molecule has 2 amide bonds. The van der Waals surface area contributed by atoms with Crippen LogP contribution >= 0.6 is 15.9 Å². The minimum absolute atomic E-state index is 0.0385. The fourth-order valence-electron chi connectivity index (χ4n) is 5.52. The van der Waals surface area contributed by atoms with Gasteiger partial charge in [0.15, 0.2) is 11.5 Å². The number of nitrogens with zero attached hydrogens (tertiary/aromatic N) is 2. The highest BCUT2D eigenvalue weighted by Gasteiger charge is 2.34. The average molecular weight is 687 g/mol. The van der Waals surface area contributed by atoms with Gasteiger partial charge in [-0.2, -0.15) is 0 Å². The maximum atomic E-state index is 14.3. The molecule has 0 heterocycles. The molecule has 44 heavy (non-hydrogen) atoms. The molecule has 1 aliphatic carbocycles. The molecular formula is C33H40BrN3O6S. The maximum Gasteiger partial charge on any atom is 0.244 e. The van der Waals surface area contributed by atoms with Crippen LogP contribution in [0.1, 0.15) is 43.2 Å². The van der Waals surface area contributed by atoms with Gasteiger partial charge in [0.05, 0.1) is 26.2 Å². The summed E-state index contributed by atoms with van der Waals surface area (Å²) in [6.07, 6.45) is 6.34. The molecule has 236 valence electrons. The number of sulfonamides is 1. The van der Waals surface area contributed by atoms with Crippen LogP contribution in [0.15, 0.2) is 77.3 Å². The molecule has 4 rings (SSSR count). The van der Waals surface area contributed by atoms with Gasteiger partial charge in [-0.3, -0.25) is 13.9 Å². The van der Waals surface area contributed by atoms with Gasteiger partial charge in [-0.1, -0.05) is 77.7 Å². The molecular weight excluding hydrogens is 646 g/mol. The van der Waals surface area contributed by atoms with Crippen LogP contribution in [0.2, 0.25) is 0 Å². The topological polar surface area (TPSA) is 105 Å². The molecule has 3 aromatic rings. The molecule has 0 radical (unpaired) electrons. The summed E-state index contributed by atoms with van der Waals surface area (Å²) in [5, 5.41) is 3.21. The van der Waals surface area contributed by atoms with E-state index in [1.807, 2.05) is 54.6 Å². The van der Waals surface area contributed by atoms with Crippen LogP contribution in [-0.2, 0) is 32.6 Å². The van der Waals surface area contributed by atoms with Crippen molar-refractivity contribution in [1.82, 2.24) is 10.2 Å². The van der Waals surface area contributed by atoms with Gasteiger partial charge in [-0.05, 0) is 48.2 Å². The highest BCUT2D eigenvalue weighted by molar-refractivity contribution is 9.10. The van der Waals surface area contributed by atoms with Gasteiger partial charge >= 0.3 is 0 Å². The van der Waals surface area contributed by atoms with E-state index >= 15 is 0 Å². The van der Waals surface area contributed by atoms with Crippen LogP contribution in [0.5, 0.6) is 11.5 Å². The largest absolute Gasteiger partial charge is 0.493 e. The number of halogens is 1. The first-order valence-corrected chi connectivity index (χ1v) is 17.3. The first-order valence-electron chi connectivity index (χ1n) is 14.7. The fourth-order valence-corrected chi connectivity index (χ4v) is 6.81. The summed E-state index contributed by atoms with van der Waals surface area (Å²) in [7, 11) is -0.975. The van der Waals surface area contributed by atoms with E-state index in [1.165, 1.54) is 25.2 Å². The van der Waals surface area contributed by atoms with E-state index in [4.69, 9.17) is 9.47 Å². The smallest absolute Gasteiger partial charge is 0.244 e. The molecule has 3 aromatic carbocycles. The van der Waals surface area contributed by atoms with E-state index < -0.39 is 28.5 Å². The Morgan fingerprint density at radius 3 is 2.23 bits per heavy atom. The number of anilines is 1. The molecule has 0 spiro atoms. The molecule has 1 aliphatic rings. The predicted molar refractivity (Wildman–Crippen MR) is 175 cm³/mol. The lowest BCUT2D eigenvalue weighted by atomic mass is 9.94. The van der Waals surface area contributed by atoms with Gasteiger partial charge in [-0.25, -0.2) is 8.42 Å². The van der Waals surface area contributed by atoms with Crippen molar-refractivity contribution in [3.63, 3.8) is 0 Å². The Bertz CT molecular complexity index is 1530. The van der Waals surface area contributed by atoms with Gasteiger partial charge in [0.2, 0.25) is 21.8 Å². The van der Waals surface area contributed by atoms with Crippen molar-refractivity contribution in [2.45, 2.75) is 57.2 Å². The predicted octanol–water partition coefficient (Wildman–Crippen LogP) is 5.32.